The molecule has 0 spiro atoms. The van der Waals surface area contributed by atoms with E-state index in [-0.39, 0.29) is 149 Å². The molecule has 16 nitrogen and oxygen atoms in total. The molecule has 5 saturated carbocycles. The van der Waals surface area contributed by atoms with Crippen molar-refractivity contribution in [3.8, 4) is 141 Å². The van der Waals surface area contributed by atoms with E-state index in [0.717, 1.165) is 66.8 Å². The SMILES string of the molecule is C#CCC1CC(=O)C(c2c(C)cc(-c3ncc(C)cn3)cc2C)C1=O.C#CCC1CC(=O)C(c2c(Cl)cc(-c3ccc(C)c(F)c3)cc2OC)C1=O.C#CCC1CC(=O)C(c2c(Cl)cc(-c3ccc(C)cc3)cc2OC)C1=O.C#CCC1CC(=O)C(c2c(Cl)cc(-c3ccc(C)cc3)cc2OC)C1=O.C#CCC1CC(=O)C(c2c(Cl)cc(-c3ccc(C)cc3F)cc2OC)C1=O. The first kappa shape index (κ1) is 98.4. The van der Waals surface area contributed by atoms with Crippen molar-refractivity contribution >= 4 is 104 Å². The molecule has 131 heavy (non-hydrogen) atoms. The zero-order chi connectivity index (χ0) is 95.3. The molecule has 0 N–H and O–H groups in total. The molecule has 0 amide bonds. The summed E-state index contributed by atoms with van der Waals surface area (Å²) in [6.45, 7) is 13.3. The fourth-order valence-electron chi connectivity index (χ4n) is 17.4. The van der Waals surface area contributed by atoms with Gasteiger partial charge in [0.2, 0.25) is 0 Å². The lowest BCUT2D eigenvalue weighted by Gasteiger charge is -2.17. The number of ether oxygens (including phenoxy) is 4. The summed E-state index contributed by atoms with van der Waals surface area (Å²) >= 11 is 25.9. The molecule has 22 heteroatoms. The molecular formula is C109H94Cl4F2N2O14. The number of rotatable bonds is 19. The lowest BCUT2D eigenvalue weighted by atomic mass is 9.86. The predicted octanol–water partition coefficient (Wildman–Crippen LogP) is 22.0. The van der Waals surface area contributed by atoms with Crippen LogP contribution in [0.25, 0.3) is 55.9 Å². The lowest BCUT2D eigenvalue weighted by molar-refractivity contribution is -0.126. The van der Waals surface area contributed by atoms with Crippen LogP contribution in [0.5, 0.6) is 23.0 Å². The monoisotopic (exact) mass is 1830 g/mol. The van der Waals surface area contributed by atoms with Crippen molar-refractivity contribution < 1.29 is 75.7 Å². The van der Waals surface area contributed by atoms with Gasteiger partial charge in [-0.15, -0.1) is 61.7 Å². The first-order chi connectivity index (χ1) is 62.6. The number of nitrogens with zero attached hydrogens (tertiary/aromatic N) is 2. The highest BCUT2D eigenvalue weighted by Crippen LogP contribution is 2.50. The minimum Gasteiger partial charge on any atom is -0.496 e. The van der Waals surface area contributed by atoms with Gasteiger partial charge in [0.1, 0.15) is 93.1 Å². The third-order valence-corrected chi connectivity index (χ3v) is 25.4. The minimum atomic E-state index is -0.997. The van der Waals surface area contributed by atoms with E-state index in [1.54, 1.807) is 86.9 Å². The second-order valence-corrected chi connectivity index (χ2v) is 34.8. The van der Waals surface area contributed by atoms with Gasteiger partial charge in [-0.25, -0.2) is 18.7 Å². The van der Waals surface area contributed by atoms with E-state index in [9.17, 15) is 56.7 Å². The molecule has 0 bridgehead atoms. The van der Waals surface area contributed by atoms with Crippen LogP contribution in [0.3, 0.4) is 0 Å². The Morgan fingerprint density at radius 3 is 0.885 bits per heavy atom. The fourth-order valence-corrected chi connectivity index (χ4v) is 18.7. The van der Waals surface area contributed by atoms with E-state index in [1.807, 2.05) is 107 Å². The van der Waals surface area contributed by atoms with Crippen molar-refractivity contribution in [2.45, 2.75) is 142 Å². The maximum Gasteiger partial charge on any atom is 0.159 e. The average molecular weight is 1840 g/mol. The molecule has 0 saturated heterocycles. The molecule has 5 aliphatic carbocycles. The summed E-state index contributed by atoms with van der Waals surface area (Å²) in [5.74, 6) is 5.45. The van der Waals surface area contributed by atoms with Crippen LogP contribution in [0.2, 0.25) is 20.1 Å². The summed E-state index contributed by atoms with van der Waals surface area (Å²) in [4.78, 5) is 134. The largest absolute Gasteiger partial charge is 0.496 e. The number of carbonyl (C=O) groups excluding carboxylic acids is 10. The number of ketones is 10. The Kier molecular flexibility index (Phi) is 32.6. The predicted molar refractivity (Wildman–Crippen MR) is 506 cm³/mol. The molecule has 1 aromatic heterocycles. The van der Waals surface area contributed by atoms with Crippen molar-refractivity contribution in [2.75, 3.05) is 28.4 Å². The van der Waals surface area contributed by atoms with Crippen molar-refractivity contribution in [2.24, 2.45) is 29.6 Å². The number of benzene rings is 9. The van der Waals surface area contributed by atoms with Crippen LogP contribution >= 0.6 is 46.4 Å². The zero-order valence-corrected chi connectivity index (χ0v) is 77.1. The Labute approximate surface area is 782 Å². The maximum absolute atomic E-state index is 14.4. The van der Waals surface area contributed by atoms with Crippen molar-refractivity contribution in [1.82, 2.24) is 9.97 Å². The first-order valence-electron chi connectivity index (χ1n) is 42.1. The van der Waals surface area contributed by atoms with Crippen LogP contribution in [0, 0.1) is 151 Å². The second kappa shape index (κ2) is 43.5. The van der Waals surface area contributed by atoms with E-state index in [0.29, 0.717) is 89.6 Å². The first-order valence-corrected chi connectivity index (χ1v) is 43.7. The number of Topliss-reactive ketones (excluding diaryl/α,β-unsaturated/α-hetero) is 10. The third kappa shape index (κ3) is 21.8. The molecule has 10 aromatic rings. The van der Waals surface area contributed by atoms with Gasteiger partial charge < -0.3 is 18.9 Å². The number of aromatic nitrogens is 2. The van der Waals surface area contributed by atoms with Crippen LogP contribution in [0.15, 0.2) is 158 Å². The van der Waals surface area contributed by atoms with E-state index in [4.69, 9.17) is 97.5 Å². The normalized spacial score (nSPS) is 19.5. The number of carbonyl (C=O) groups is 10. The second-order valence-electron chi connectivity index (χ2n) is 33.1. The number of aryl methyl sites for hydroxylation is 7. The quantitative estimate of drug-likeness (QED) is 0.0541. The molecule has 0 radical (unpaired) electrons. The van der Waals surface area contributed by atoms with Gasteiger partial charge >= 0.3 is 0 Å². The Bertz CT molecular complexity index is 6280. The Hall–Kier alpha value is -13.2. The van der Waals surface area contributed by atoms with Gasteiger partial charge in [0.15, 0.2) is 34.7 Å². The number of hydrogen-bond donors (Lipinski definition) is 0. The van der Waals surface area contributed by atoms with Crippen LogP contribution in [0.1, 0.15) is 161 Å². The molecule has 5 aliphatic rings. The molecule has 10 unspecified atom stereocenters. The van der Waals surface area contributed by atoms with Gasteiger partial charge in [-0.1, -0.05) is 130 Å². The van der Waals surface area contributed by atoms with Crippen LogP contribution in [-0.4, -0.2) is 96.2 Å². The number of terminal acetylenes is 5. The molecular weight excluding hydrogens is 1740 g/mol. The van der Waals surface area contributed by atoms with Crippen LogP contribution in [0.4, 0.5) is 8.78 Å². The number of halogens is 6. The highest BCUT2D eigenvalue weighted by Gasteiger charge is 2.49. The Balaban J connectivity index is 0.000000158. The van der Waals surface area contributed by atoms with Crippen molar-refractivity contribution in [3.63, 3.8) is 0 Å². The Morgan fingerprint density at radius 2 is 0.588 bits per heavy atom. The van der Waals surface area contributed by atoms with E-state index in [2.05, 4.69) is 39.6 Å². The third-order valence-electron chi connectivity index (χ3n) is 24.1. The van der Waals surface area contributed by atoms with Gasteiger partial charge in [-0.05, 0) is 194 Å². The molecule has 5 fully saturated rings. The Morgan fingerprint density at radius 1 is 0.305 bits per heavy atom. The van der Waals surface area contributed by atoms with Crippen molar-refractivity contribution in [3.05, 3.63) is 256 Å². The number of hydrogen-bond acceptors (Lipinski definition) is 16. The summed E-state index contributed by atoms with van der Waals surface area (Å²) in [6, 6.07) is 43.3. The molecule has 15 rings (SSSR count). The van der Waals surface area contributed by atoms with Crippen LogP contribution in [-0.2, 0) is 47.9 Å². The zero-order valence-electron chi connectivity index (χ0n) is 74.1. The number of methoxy groups -OCH3 is 4. The van der Waals surface area contributed by atoms with Gasteiger partial charge in [0, 0.05) is 160 Å². The standard InChI is InChI=1S/2C22H18ClFO3.2C22H19ClO3.C21H20N2O2/c1-4-5-14-10-18(25)21(22(14)26)20-16(23)8-15(11-19(20)27-3)13-7-6-12(2)17(24)9-13;1-4-5-13-10-18(25)21(22(13)26)20-16(23)9-14(11-19(20)27-3)15-7-6-12(2)8-17(15)24;2*1-4-5-15-11-18(24)21(22(15)25)20-17(23)10-16(12-19(20)26-3)14-8-6-13(2)7-9-14;1-5-6-15-9-17(24)19(20(15)25)18-13(3)7-16(8-14(18)4)21-22-10-12(2)11-23-21/h1,6-9,11,14,21H,5,10H2,2-3H3;1,6-9,11,13,21H,5,10H2,2-3H3;2*1,6-10,12,15,21H,5,11H2,2-3H3;1,7-8,10-11,15,19H,6,9H2,2-4H3. The van der Waals surface area contributed by atoms with E-state index < -0.39 is 53.3 Å². The molecule has 666 valence electrons. The summed E-state index contributed by atoms with van der Waals surface area (Å²) in [7, 11) is 5.89. The van der Waals surface area contributed by atoms with Crippen molar-refractivity contribution in [1.29, 1.82) is 0 Å². The molecule has 0 aliphatic heterocycles. The van der Waals surface area contributed by atoms with E-state index in [1.165, 1.54) is 40.6 Å². The van der Waals surface area contributed by atoms with Gasteiger partial charge in [-0.3, -0.25) is 47.9 Å². The van der Waals surface area contributed by atoms with Gasteiger partial charge in [-0.2, -0.15) is 0 Å². The highest BCUT2D eigenvalue weighted by molar-refractivity contribution is 6.35. The summed E-state index contributed by atoms with van der Waals surface area (Å²) < 4.78 is 50.1. The summed E-state index contributed by atoms with van der Waals surface area (Å²) in [5, 5.41) is 1.14. The average Bonchev–Trinajstić information content (AvgIpc) is 1.69. The van der Waals surface area contributed by atoms with Gasteiger partial charge in [0.05, 0.1) is 28.4 Å². The topological polar surface area (TPSA) is 233 Å². The smallest absolute Gasteiger partial charge is 0.159 e. The van der Waals surface area contributed by atoms with Gasteiger partial charge in [0.25, 0.3) is 0 Å². The molecule has 9 aromatic carbocycles. The molecule has 1 heterocycles. The fraction of sp³-hybridized carbons (Fsp3) is 0.284. The molecule has 10 atom stereocenters. The lowest BCUT2D eigenvalue weighted by Crippen LogP contribution is -2.17. The van der Waals surface area contributed by atoms with Crippen LogP contribution < -0.4 is 18.9 Å². The summed E-state index contributed by atoms with van der Waals surface area (Å²) in [6.07, 6.45) is 32.2. The maximum atomic E-state index is 14.4. The summed E-state index contributed by atoms with van der Waals surface area (Å²) in [5.41, 5.74) is 15.6. The highest BCUT2D eigenvalue weighted by atomic mass is 35.5. The van der Waals surface area contributed by atoms with E-state index >= 15 is 0 Å². The minimum absolute atomic E-state index is 0.0317.